The second kappa shape index (κ2) is 22.8. The van der Waals surface area contributed by atoms with Gasteiger partial charge in [-0.15, -0.1) is 6.58 Å². The highest BCUT2D eigenvalue weighted by Gasteiger charge is 2.10. The second-order valence-electron chi connectivity index (χ2n) is 10.9. The predicted molar refractivity (Wildman–Crippen MR) is 197 cm³/mol. The molecule has 1 aromatic heterocycles. The van der Waals surface area contributed by atoms with E-state index in [1.807, 2.05) is 39.1 Å². The number of allylic oxidation sites excluding steroid dienone is 1. The van der Waals surface area contributed by atoms with Gasteiger partial charge in [-0.25, -0.2) is 0 Å². The quantitative estimate of drug-likeness (QED) is 0.160. The van der Waals surface area contributed by atoms with Crippen LogP contribution >= 0.6 is 0 Å². The van der Waals surface area contributed by atoms with Crippen molar-refractivity contribution in [2.45, 2.75) is 93.0 Å². The van der Waals surface area contributed by atoms with Gasteiger partial charge in [0.05, 0.1) is 0 Å². The molecule has 1 heterocycles. The van der Waals surface area contributed by atoms with Gasteiger partial charge >= 0.3 is 0 Å². The third kappa shape index (κ3) is 13.7. The fourth-order valence-corrected chi connectivity index (χ4v) is 4.88. The van der Waals surface area contributed by atoms with E-state index in [-0.39, 0.29) is 0 Å². The molecule has 4 rings (SSSR count). The van der Waals surface area contributed by atoms with Crippen molar-refractivity contribution in [2.24, 2.45) is 0 Å². The van der Waals surface area contributed by atoms with Gasteiger partial charge in [0.15, 0.2) is 0 Å². The van der Waals surface area contributed by atoms with Crippen LogP contribution in [0.1, 0.15) is 94.6 Å². The second-order valence-corrected chi connectivity index (χ2v) is 10.9. The van der Waals surface area contributed by atoms with E-state index in [2.05, 4.69) is 130 Å². The molecule has 0 saturated carbocycles. The van der Waals surface area contributed by atoms with Gasteiger partial charge in [-0.05, 0) is 97.8 Å². The predicted octanol–water partition coefficient (Wildman–Crippen LogP) is 11.5. The van der Waals surface area contributed by atoms with E-state index in [0.29, 0.717) is 6.04 Å². The molecule has 44 heavy (non-hydrogen) atoms. The van der Waals surface area contributed by atoms with Crippen LogP contribution in [0.15, 0.2) is 104 Å². The molecule has 0 radical (unpaired) electrons. The number of aryl methyl sites for hydroxylation is 3. The molecule has 3 nitrogen and oxygen atoms in total. The summed E-state index contributed by atoms with van der Waals surface area (Å²) in [4.78, 5) is 4.04. The molecule has 0 amide bonds. The van der Waals surface area contributed by atoms with Gasteiger partial charge in [0.2, 0.25) is 0 Å². The summed E-state index contributed by atoms with van der Waals surface area (Å²) < 4.78 is 0. The van der Waals surface area contributed by atoms with Crippen molar-refractivity contribution in [3.05, 3.63) is 126 Å². The van der Waals surface area contributed by atoms with Crippen LogP contribution < -0.4 is 10.6 Å². The molecule has 1 atom stereocenters. The van der Waals surface area contributed by atoms with Gasteiger partial charge in [-0.1, -0.05) is 120 Å². The lowest BCUT2D eigenvalue weighted by molar-refractivity contribution is 0.523. The molecule has 0 bridgehead atoms. The van der Waals surface area contributed by atoms with Crippen molar-refractivity contribution >= 4 is 10.8 Å². The average molecular weight is 594 g/mol. The van der Waals surface area contributed by atoms with Crippen LogP contribution in [-0.4, -0.2) is 18.6 Å². The first-order chi connectivity index (χ1) is 21.3. The normalized spacial score (nSPS) is 10.6. The smallest absolute Gasteiger partial charge is 0.0375 e. The Morgan fingerprint density at radius 3 is 2.09 bits per heavy atom. The van der Waals surface area contributed by atoms with Gasteiger partial charge < -0.3 is 10.6 Å². The number of unbranched alkanes of at least 4 members (excludes halogenated alkanes) is 2. The summed E-state index contributed by atoms with van der Waals surface area (Å²) >= 11 is 0. The number of hydrogen-bond donors (Lipinski definition) is 2. The zero-order chi connectivity index (χ0) is 32.7. The van der Waals surface area contributed by atoms with Crippen molar-refractivity contribution in [3.8, 4) is 11.1 Å². The molecule has 0 saturated heterocycles. The van der Waals surface area contributed by atoms with Crippen LogP contribution in [-0.2, 0) is 0 Å². The molecule has 0 fully saturated rings. The number of aromatic nitrogens is 1. The van der Waals surface area contributed by atoms with E-state index in [1.54, 1.807) is 0 Å². The molecule has 238 valence electrons. The van der Waals surface area contributed by atoms with E-state index in [4.69, 9.17) is 0 Å². The van der Waals surface area contributed by atoms with Crippen LogP contribution in [0.25, 0.3) is 21.9 Å². The largest absolute Gasteiger partial charge is 0.385 e. The zero-order valence-electron chi connectivity index (χ0n) is 29.0. The van der Waals surface area contributed by atoms with Crippen molar-refractivity contribution in [1.29, 1.82) is 0 Å². The Morgan fingerprint density at radius 2 is 1.52 bits per heavy atom. The number of benzene rings is 3. The SMILES string of the molecule is C=CCNC(=C)CCCC.CC.CCCCC(NC)c1ccc(-c2cccc3c(C)cccc23)cc1.Cc1ccnc(C)c1. The molecule has 2 N–H and O–H groups in total. The number of pyridine rings is 1. The Balaban J connectivity index is 0.000000398. The topological polar surface area (TPSA) is 37.0 Å². The van der Waals surface area contributed by atoms with Crippen LogP contribution in [0.3, 0.4) is 0 Å². The van der Waals surface area contributed by atoms with E-state index >= 15 is 0 Å². The Kier molecular flexibility index (Phi) is 19.9. The standard InChI is InChI=1S/C23H27N.C9H17N.C7H9N.C2H6/c1-4-5-12-23(24-3)19-15-13-18(14-16-19)21-10-7-9-20-17(2)8-6-11-22(20)21;1-4-6-7-9(3)10-8-5-2;1-6-3-4-8-7(2)5-6;1-2/h6-11,13-16,23-24H,4-5,12H2,1-3H3;5,10H,2-4,6-8H2,1H3;3-5H,1-2H3;1-2H3. The van der Waals surface area contributed by atoms with Gasteiger partial charge in [0, 0.05) is 30.2 Å². The molecule has 0 spiro atoms. The maximum Gasteiger partial charge on any atom is 0.0375 e. The Labute approximate surface area is 269 Å². The first-order valence-electron chi connectivity index (χ1n) is 16.5. The summed E-state index contributed by atoms with van der Waals surface area (Å²) in [5.74, 6) is 0. The highest BCUT2D eigenvalue weighted by molar-refractivity contribution is 5.98. The molecule has 0 aliphatic rings. The first-order valence-corrected chi connectivity index (χ1v) is 16.5. The maximum absolute atomic E-state index is 4.04. The lowest BCUT2D eigenvalue weighted by Gasteiger charge is -2.17. The van der Waals surface area contributed by atoms with Crippen LogP contribution in [0.5, 0.6) is 0 Å². The average Bonchev–Trinajstić information content (AvgIpc) is 3.05. The summed E-state index contributed by atoms with van der Waals surface area (Å²) in [5.41, 5.74) is 8.81. The van der Waals surface area contributed by atoms with Crippen molar-refractivity contribution in [3.63, 3.8) is 0 Å². The summed E-state index contributed by atoms with van der Waals surface area (Å²) in [6.07, 6.45) is 10.9. The summed E-state index contributed by atoms with van der Waals surface area (Å²) in [6, 6.07) is 26.7. The van der Waals surface area contributed by atoms with E-state index < -0.39 is 0 Å². The minimum absolute atomic E-state index is 0.453. The fraction of sp³-hybridized carbons (Fsp3) is 0.390. The molecule has 0 aliphatic carbocycles. The van der Waals surface area contributed by atoms with E-state index in [0.717, 1.165) is 24.4 Å². The van der Waals surface area contributed by atoms with E-state index in [9.17, 15) is 0 Å². The third-order valence-electron chi connectivity index (χ3n) is 7.34. The van der Waals surface area contributed by atoms with Crippen LogP contribution in [0, 0.1) is 20.8 Å². The highest BCUT2D eigenvalue weighted by atomic mass is 14.9. The minimum Gasteiger partial charge on any atom is -0.385 e. The third-order valence-corrected chi connectivity index (χ3v) is 7.34. The summed E-state index contributed by atoms with van der Waals surface area (Å²) in [6.45, 7) is 23.0. The number of nitrogens with zero attached hydrogens (tertiary/aromatic N) is 1. The van der Waals surface area contributed by atoms with Crippen molar-refractivity contribution in [2.75, 3.05) is 13.6 Å². The minimum atomic E-state index is 0.453. The lowest BCUT2D eigenvalue weighted by atomic mass is 9.94. The number of rotatable bonds is 12. The van der Waals surface area contributed by atoms with Gasteiger partial charge in [0.25, 0.3) is 0 Å². The molecule has 4 aromatic rings. The van der Waals surface area contributed by atoms with E-state index in [1.165, 1.54) is 70.7 Å². The molecule has 3 aromatic carbocycles. The van der Waals surface area contributed by atoms with Gasteiger partial charge in [-0.2, -0.15) is 0 Å². The maximum atomic E-state index is 4.04. The highest BCUT2D eigenvalue weighted by Crippen LogP contribution is 2.31. The Hall–Kier alpha value is -3.69. The zero-order valence-corrected chi connectivity index (χ0v) is 29.0. The summed E-state index contributed by atoms with van der Waals surface area (Å²) in [7, 11) is 2.06. The summed E-state index contributed by atoms with van der Waals surface area (Å²) in [5, 5.41) is 9.28. The molecule has 0 aliphatic heterocycles. The molecule has 3 heteroatoms. The number of nitrogens with one attached hydrogen (secondary N) is 2. The Bertz CT molecular complexity index is 1340. The Morgan fingerprint density at radius 1 is 0.864 bits per heavy atom. The van der Waals surface area contributed by atoms with Crippen molar-refractivity contribution < 1.29 is 0 Å². The molecular weight excluding hydrogens is 534 g/mol. The first kappa shape index (κ1) is 38.3. The van der Waals surface area contributed by atoms with Crippen LogP contribution in [0.2, 0.25) is 0 Å². The number of fused-ring (bicyclic) bond motifs is 1. The molecular formula is C41H59N3. The fourth-order valence-electron chi connectivity index (χ4n) is 4.88. The van der Waals surface area contributed by atoms with Gasteiger partial charge in [0.1, 0.15) is 0 Å². The number of hydrogen-bond acceptors (Lipinski definition) is 3. The van der Waals surface area contributed by atoms with Crippen molar-refractivity contribution in [1.82, 2.24) is 15.6 Å². The van der Waals surface area contributed by atoms with Gasteiger partial charge in [-0.3, -0.25) is 4.98 Å². The molecule has 1 unspecified atom stereocenters. The van der Waals surface area contributed by atoms with Crippen LogP contribution in [0.4, 0.5) is 0 Å². The lowest BCUT2D eigenvalue weighted by Crippen LogP contribution is -2.16. The monoisotopic (exact) mass is 593 g/mol.